The van der Waals surface area contributed by atoms with Gasteiger partial charge in [0.1, 0.15) is 6.04 Å². The third kappa shape index (κ3) is 9.41. The molecule has 57 heavy (non-hydrogen) atoms. The quantitative estimate of drug-likeness (QED) is 0.192. The Morgan fingerprint density at radius 1 is 0.649 bits per heavy atom. The van der Waals surface area contributed by atoms with E-state index in [4.69, 9.17) is 10.2 Å². The summed E-state index contributed by atoms with van der Waals surface area (Å²) in [5, 5.41) is 30.4. The number of nitrogens with zero attached hydrogens (tertiary/aromatic N) is 3. The number of rotatable bonds is 10. The van der Waals surface area contributed by atoms with Crippen LogP contribution in [0.1, 0.15) is 206 Å². The summed E-state index contributed by atoms with van der Waals surface area (Å²) < 4.78 is 0. The predicted octanol–water partition coefficient (Wildman–Crippen LogP) is 10.9. The summed E-state index contributed by atoms with van der Waals surface area (Å²) in [4.78, 5) is 17.7. The van der Waals surface area contributed by atoms with Gasteiger partial charge in [-0.15, -0.1) is 0 Å². The Bertz CT molecular complexity index is 1280. The number of fused-ring (bicyclic) bond motifs is 5. The molecule has 3 N–H and O–H groups in total. The van der Waals surface area contributed by atoms with E-state index in [2.05, 4.69) is 22.5 Å². The highest BCUT2D eigenvalue weighted by atomic mass is 16.3. The number of hydrogen-bond donors (Lipinski definition) is 3. The molecule has 7 nitrogen and oxygen atoms in total. The minimum Gasteiger partial charge on any atom is -0.390 e. The van der Waals surface area contributed by atoms with Crippen molar-refractivity contribution in [1.82, 2.24) is 15.5 Å². The van der Waals surface area contributed by atoms with Crippen LogP contribution in [0.2, 0.25) is 0 Å². The number of nitrogens with one attached hydrogen (secondary N) is 2. The normalized spacial score (nSPS) is 45.0. The molecule has 1 aliphatic heterocycles. The van der Waals surface area contributed by atoms with E-state index in [9.17, 15) is 9.90 Å². The number of azo groups is 1. The molecule has 0 aromatic carbocycles. The number of aliphatic hydroxyl groups is 1. The van der Waals surface area contributed by atoms with Crippen LogP contribution in [-0.4, -0.2) is 70.4 Å². The number of hydrogen-bond acceptors (Lipinski definition) is 6. The van der Waals surface area contributed by atoms with Crippen LogP contribution < -0.4 is 10.6 Å². The lowest BCUT2D eigenvalue weighted by atomic mass is 9.58. The zero-order valence-electron chi connectivity index (χ0n) is 36.4. The molecule has 0 aromatic rings. The maximum atomic E-state index is 14.5. The van der Waals surface area contributed by atoms with Crippen LogP contribution in [-0.2, 0) is 4.79 Å². The topological polar surface area (TPSA) is 89.3 Å². The molecule has 322 valence electrons. The summed E-state index contributed by atoms with van der Waals surface area (Å²) in [6.45, 7) is 2.37. The van der Waals surface area contributed by atoms with Crippen LogP contribution in [0.5, 0.6) is 0 Å². The van der Waals surface area contributed by atoms with E-state index in [0.717, 1.165) is 61.6 Å². The molecule has 7 heteroatoms. The molecule has 9 fully saturated rings. The molecule has 9 rings (SSSR count). The molecule has 8 aliphatic carbocycles. The summed E-state index contributed by atoms with van der Waals surface area (Å²) in [6, 6.07) is 3.90. The fourth-order valence-corrected chi connectivity index (χ4v) is 15.7. The van der Waals surface area contributed by atoms with Gasteiger partial charge in [0, 0.05) is 42.2 Å². The highest BCUT2D eigenvalue weighted by Crippen LogP contribution is 2.53. The summed E-state index contributed by atoms with van der Waals surface area (Å²) in [5.74, 6) is 4.22. The second kappa shape index (κ2) is 19.3. The summed E-state index contributed by atoms with van der Waals surface area (Å²) in [7, 11) is 0. The van der Waals surface area contributed by atoms with Crippen molar-refractivity contribution in [2.24, 2.45) is 57.6 Å². The Hall–Kier alpha value is -1.05. The van der Waals surface area contributed by atoms with E-state index in [1.807, 2.05) is 0 Å². The Labute approximate surface area is 348 Å². The Balaban J connectivity index is 0.822. The summed E-state index contributed by atoms with van der Waals surface area (Å²) >= 11 is 0. The maximum absolute atomic E-state index is 14.5. The molecular weight excluding hydrogens is 703 g/mol. The molecule has 0 bridgehead atoms. The van der Waals surface area contributed by atoms with E-state index in [-0.39, 0.29) is 30.0 Å². The van der Waals surface area contributed by atoms with E-state index < -0.39 is 6.10 Å². The molecule has 1 amide bonds. The van der Waals surface area contributed by atoms with Crippen LogP contribution in [0.15, 0.2) is 10.2 Å². The Kier molecular flexibility index (Phi) is 14.0. The van der Waals surface area contributed by atoms with Crippen LogP contribution in [0.25, 0.3) is 0 Å². The predicted molar refractivity (Wildman–Crippen MR) is 231 cm³/mol. The molecular formula is C50H85N5O2. The first-order chi connectivity index (χ1) is 28.0. The molecule has 8 saturated carbocycles. The lowest BCUT2D eigenvalue weighted by Crippen LogP contribution is -2.60. The average molecular weight is 788 g/mol. The van der Waals surface area contributed by atoms with E-state index in [1.54, 1.807) is 0 Å². The molecule has 0 spiro atoms. The van der Waals surface area contributed by atoms with Crippen molar-refractivity contribution < 1.29 is 9.90 Å². The van der Waals surface area contributed by atoms with E-state index in [1.165, 1.54) is 173 Å². The molecule has 1 heterocycles. The summed E-state index contributed by atoms with van der Waals surface area (Å²) in [6.07, 6.45) is 40.3. The van der Waals surface area contributed by atoms with Gasteiger partial charge in [-0.25, -0.2) is 0 Å². The molecule has 11 atom stereocenters. The van der Waals surface area contributed by atoms with Crippen molar-refractivity contribution in [3.63, 3.8) is 0 Å². The minimum absolute atomic E-state index is 0.130. The van der Waals surface area contributed by atoms with Gasteiger partial charge in [0.05, 0.1) is 18.1 Å². The van der Waals surface area contributed by atoms with Gasteiger partial charge in [-0.2, -0.15) is 10.2 Å². The lowest BCUT2D eigenvalue weighted by Gasteiger charge is -2.50. The second-order valence-corrected chi connectivity index (χ2v) is 22.2. The molecule has 1 saturated heterocycles. The zero-order valence-corrected chi connectivity index (χ0v) is 36.4. The highest BCUT2D eigenvalue weighted by molar-refractivity contribution is 5.80. The van der Waals surface area contributed by atoms with Gasteiger partial charge in [-0.1, -0.05) is 77.6 Å². The standard InChI is InChI=1S/C50H85N5O2/c1-33-20-27-37(28-21-33)53-54-48-46-36(26-31-42-41-17-9-11-19-45(41)51-47(42)46)32-43(49(48)56)50(57)52-44-18-10-8-12-35(44)25-22-34-23-29-40(30-24-34)55(38-13-4-2-5-14-38)39-15-6-3-7-16-39/h33-49,51,56H,2-32H2,1H3,(H,52,57). The molecule has 0 aromatic heterocycles. The van der Waals surface area contributed by atoms with Gasteiger partial charge in [0.15, 0.2) is 0 Å². The third-order valence-corrected chi connectivity index (χ3v) is 18.9. The van der Waals surface area contributed by atoms with Crippen LogP contribution in [0.4, 0.5) is 0 Å². The average Bonchev–Trinajstić information content (AvgIpc) is 3.64. The van der Waals surface area contributed by atoms with Crippen LogP contribution in [0.3, 0.4) is 0 Å². The molecule has 9 aliphatic rings. The molecule has 11 unspecified atom stereocenters. The SMILES string of the molecule is CC1CCC(N=NC2C(O)C(C(=O)NC3CCCCC3CCC3CCC(N(C4CCCCC4)C4CCCCC4)CC3)CC3CCC4C5CCCCC5NC4C32)CC1. The number of aliphatic hydroxyl groups excluding tert-OH is 1. The van der Waals surface area contributed by atoms with Crippen molar-refractivity contribution >= 4 is 5.91 Å². The Morgan fingerprint density at radius 2 is 1.30 bits per heavy atom. The van der Waals surface area contributed by atoms with E-state index >= 15 is 0 Å². The monoisotopic (exact) mass is 788 g/mol. The number of carbonyl (C=O) groups is 1. The van der Waals surface area contributed by atoms with Gasteiger partial charge in [0.2, 0.25) is 5.91 Å². The fraction of sp³-hybridized carbons (Fsp3) is 0.980. The minimum atomic E-state index is -0.736. The maximum Gasteiger partial charge on any atom is 0.226 e. The fourth-order valence-electron chi connectivity index (χ4n) is 15.7. The highest BCUT2D eigenvalue weighted by Gasteiger charge is 2.58. The summed E-state index contributed by atoms with van der Waals surface area (Å²) in [5.41, 5.74) is 0. The zero-order chi connectivity index (χ0) is 38.7. The second-order valence-electron chi connectivity index (χ2n) is 22.2. The first kappa shape index (κ1) is 41.3. The van der Waals surface area contributed by atoms with Crippen molar-refractivity contribution in [1.29, 1.82) is 0 Å². The van der Waals surface area contributed by atoms with Gasteiger partial charge < -0.3 is 15.7 Å². The van der Waals surface area contributed by atoms with Crippen molar-refractivity contribution in [3.8, 4) is 0 Å². The van der Waals surface area contributed by atoms with Crippen LogP contribution in [0, 0.1) is 47.3 Å². The first-order valence-corrected chi connectivity index (χ1v) is 25.9. The number of amides is 1. The Morgan fingerprint density at radius 3 is 2.04 bits per heavy atom. The number of carbonyl (C=O) groups excluding carboxylic acids is 1. The van der Waals surface area contributed by atoms with Crippen molar-refractivity contribution in [3.05, 3.63) is 0 Å². The largest absolute Gasteiger partial charge is 0.390 e. The third-order valence-electron chi connectivity index (χ3n) is 18.9. The van der Waals surface area contributed by atoms with Crippen molar-refractivity contribution in [2.45, 2.75) is 260 Å². The first-order valence-electron chi connectivity index (χ1n) is 25.9. The molecule has 0 radical (unpaired) electrons. The lowest BCUT2D eigenvalue weighted by molar-refractivity contribution is -0.137. The van der Waals surface area contributed by atoms with Crippen LogP contribution >= 0.6 is 0 Å². The van der Waals surface area contributed by atoms with Gasteiger partial charge in [-0.3, -0.25) is 9.69 Å². The van der Waals surface area contributed by atoms with Gasteiger partial charge in [0.25, 0.3) is 0 Å². The van der Waals surface area contributed by atoms with Gasteiger partial charge in [-0.05, 0) is 164 Å². The smallest absolute Gasteiger partial charge is 0.226 e. The van der Waals surface area contributed by atoms with E-state index in [0.29, 0.717) is 35.8 Å². The van der Waals surface area contributed by atoms with Crippen molar-refractivity contribution in [2.75, 3.05) is 0 Å². The van der Waals surface area contributed by atoms with Gasteiger partial charge >= 0.3 is 0 Å².